The highest BCUT2D eigenvalue weighted by Crippen LogP contribution is 2.46. The van der Waals surface area contributed by atoms with Crippen molar-refractivity contribution >= 4 is 119 Å². The number of hydrogen-bond acceptors (Lipinski definition) is 7. The van der Waals surface area contributed by atoms with Gasteiger partial charge in [0.1, 0.15) is 0 Å². The molecule has 0 aliphatic rings. The lowest BCUT2D eigenvalue weighted by atomic mass is 10.00. The largest absolute Gasteiger partial charge is 0.309 e. The van der Waals surface area contributed by atoms with Gasteiger partial charge in [-0.3, -0.25) is 0 Å². The van der Waals surface area contributed by atoms with Crippen LogP contribution in [0.1, 0.15) is 0 Å². The average molecular weight is 1460 g/mol. The minimum absolute atomic E-state index is 0.577. The van der Waals surface area contributed by atoms with Crippen LogP contribution in [-0.4, -0.2) is 48.2 Å². The number of benzene rings is 16. The van der Waals surface area contributed by atoms with Crippen LogP contribution in [0.5, 0.6) is 0 Å². The maximum Gasteiger partial charge on any atom is 0.164 e. The van der Waals surface area contributed by atoms with Crippen LogP contribution in [0.4, 0.5) is 0 Å². The number of nitrogens with zero attached hydrogens (tertiary/aromatic N) is 10. The first kappa shape index (κ1) is 64.0. The molecule has 0 saturated carbocycles. The molecule has 0 bridgehead atoms. The molecule has 0 atom stereocenters. The molecule has 526 valence electrons. The third-order valence-corrected chi connectivity index (χ3v) is 23.7. The quantitative estimate of drug-likeness (QED) is 0.121. The summed E-state index contributed by atoms with van der Waals surface area (Å²) in [7, 11) is 0. The molecule has 0 radical (unpaired) electrons. The highest BCUT2D eigenvalue weighted by Gasteiger charge is 2.25. The molecule has 0 saturated heterocycles. The molecule has 0 aliphatic carbocycles. The molecule has 0 fully saturated rings. The van der Waals surface area contributed by atoms with E-state index in [2.05, 4.69) is 316 Å². The third kappa shape index (κ3) is 10.5. The van der Waals surface area contributed by atoms with Crippen molar-refractivity contribution in [1.82, 2.24) is 48.2 Å². The molecule has 23 aromatic rings. The zero-order chi connectivity index (χ0) is 74.2. The number of aromatic nitrogens is 10. The van der Waals surface area contributed by atoms with Gasteiger partial charge in [0.15, 0.2) is 34.9 Å². The second-order valence-corrected chi connectivity index (χ2v) is 30.0. The Bertz CT molecular complexity index is 7710. The molecular weight excluding hydrogens is 1400 g/mol. The van der Waals surface area contributed by atoms with Crippen molar-refractivity contribution in [2.24, 2.45) is 0 Å². The van der Waals surface area contributed by atoms with Crippen LogP contribution in [0.15, 0.2) is 376 Å². The molecule has 16 aromatic carbocycles. The fourth-order valence-electron chi connectivity index (χ4n) is 17.2. The van der Waals surface area contributed by atoms with Gasteiger partial charge in [-0.1, -0.05) is 243 Å². The van der Waals surface area contributed by atoms with Gasteiger partial charge in [0.05, 0.1) is 54.5 Å². The van der Waals surface area contributed by atoms with E-state index in [1.807, 2.05) is 90.2 Å². The van der Waals surface area contributed by atoms with Crippen molar-refractivity contribution in [3.8, 4) is 113 Å². The second-order valence-electron chi connectivity index (χ2n) is 29.0. The highest BCUT2D eigenvalue weighted by molar-refractivity contribution is 7.26. The van der Waals surface area contributed by atoms with Crippen LogP contribution in [0.2, 0.25) is 0 Å². The van der Waals surface area contributed by atoms with Gasteiger partial charge in [-0.25, -0.2) is 29.9 Å². The maximum atomic E-state index is 5.39. The summed E-state index contributed by atoms with van der Waals surface area (Å²) in [5, 5.41) is 11.9. The van der Waals surface area contributed by atoms with Crippen molar-refractivity contribution in [1.29, 1.82) is 0 Å². The lowest BCUT2D eigenvalue weighted by Gasteiger charge is -2.12. The molecule has 7 aromatic heterocycles. The van der Waals surface area contributed by atoms with Crippen molar-refractivity contribution in [3.05, 3.63) is 376 Å². The van der Waals surface area contributed by atoms with Crippen LogP contribution in [0.25, 0.3) is 221 Å². The Morgan fingerprint density at radius 2 is 0.504 bits per heavy atom. The third-order valence-electron chi connectivity index (χ3n) is 22.4. The van der Waals surface area contributed by atoms with Gasteiger partial charge in [0.25, 0.3) is 0 Å². The Balaban J connectivity index is 0.650. The normalized spacial score (nSPS) is 11.9. The number of thiophene rings is 1. The average Bonchev–Trinajstić information content (AvgIpc) is 1.57. The summed E-state index contributed by atoms with van der Waals surface area (Å²) in [6, 6.07) is 135. The van der Waals surface area contributed by atoms with E-state index in [-0.39, 0.29) is 0 Å². The van der Waals surface area contributed by atoms with E-state index >= 15 is 0 Å². The minimum atomic E-state index is 0.577. The second kappa shape index (κ2) is 25.8. The van der Waals surface area contributed by atoms with E-state index in [4.69, 9.17) is 29.9 Å². The Morgan fingerprint density at radius 3 is 1.04 bits per heavy atom. The lowest BCUT2D eigenvalue weighted by molar-refractivity contribution is 1.07. The molecule has 0 spiro atoms. The summed E-state index contributed by atoms with van der Waals surface area (Å²) in [5.41, 5.74) is 23.1. The molecule has 113 heavy (non-hydrogen) atoms. The standard InChI is InChI=1S/C102H62N10S/c1-5-24-63(25-6-1)70-33-22-35-75(57-70)111-87-42-18-14-38-78(87)85-60-91-84(61-92(85)111)77-37-13-17-41-86(77)109(91)73-51-46-68(47-52-73)101-106-99(66-30-11-4-12-31-66)107-102(108-101)72-34-21-32-69(56-72)71-50-55-89-81(58-71)83-59-82-76-36-15-19-43-88(76)112(90-44-23-40-80-79-39-16-20-45-95(79)113-96(80)90)94(82)62-93(83)110(89)74-53-48-67(49-54-74)100-104-97(64-26-7-2-8-27-64)103-98(105-100)65-28-9-3-10-29-65/h1-62H. The molecule has 10 nitrogen and oxygen atoms in total. The van der Waals surface area contributed by atoms with E-state index in [0.29, 0.717) is 34.9 Å². The van der Waals surface area contributed by atoms with Gasteiger partial charge < -0.3 is 18.3 Å². The van der Waals surface area contributed by atoms with Crippen molar-refractivity contribution in [3.63, 3.8) is 0 Å². The number of hydrogen-bond donors (Lipinski definition) is 0. The van der Waals surface area contributed by atoms with Crippen molar-refractivity contribution < 1.29 is 0 Å². The monoisotopic (exact) mass is 1460 g/mol. The number of rotatable bonds is 12. The number of para-hydroxylation sites is 3. The predicted molar refractivity (Wildman–Crippen MR) is 467 cm³/mol. The maximum absolute atomic E-state index is 5.39. The van der Waals surface area contributed by atoms with Crippen LogP contribution < -0.4 is 0 Å². The molecule has 0 N–H and O–H groups in total. The Labute approximate surface area is 652 Å². The molecule has 0 aliphatic heterocycles. The first-order chi connectivity index (χ1) is 56.0. The zero-order valence-corrected chi connectivity index (χ0v) is 61.5. The summed E-state index contributed by atoms with van der Waals surface area (Å²) in [6.45, 7) is 0. The molecular formula is C102H62N10S. The Morgan fingerprint density at radius 1 is 0.168 bits per heavy atom. The summed E-state index contributed by atoms with van der Waals surface area (Å²) in [4.78, 5) is 31.2. The van der Waals surface area contributed by atoms with Gasteiger partial charge in [-0.05, 0) is 156 Å². The van der Waals surface area contributed by atoms with Crippen molar-refractivity contribution in [2.45, 2.75) is 0 Å². The van der Waals surface area contributed by atoms with Gasteiger partial charge in [0, 0.05) is 109 Å². The predicted octanol–water partition coefficient (Wildman–Crippen LogP) is 26.1. The van der Waals surface area contributed by atoms with Gasteiger partial charge >= 0.3 is 0 Å². The fraction of sp³-hybridized carbons (Fsp3) is 0. The minimum Gasteiger partial charge on any atom is -0.309 e. The molecule has 0 amide bonds. The Kier molecular flexibility index (Phi) is 14.6. The Hall–Kier alpha value is -15.0. The lowest BCUT2D eigenvalue weighted by Crippen LogP contribution is -2.01. The SMILES string of the molecule is c1ccc(-c2cccc(-n3c4ccccc4c4cc5c(cc43)c3ccccc3n5-c3ccc(-c4nc(-c5ccccc5)nc(-c5cccc(-c6ccc7c(c6)c6cc8c9ccccc9n(-c9cccc%10c9sc9ccccc9%10)c8cc6n7-c6ccc(-c7nc(-c8ccccc8)nc(-c8ccccc8)n7)cc6)c5)n4)cc3)c2)cc1. The van der Waals surface area contributed by atoms with Crippen LogP contribution >= 0.6 is 11.3 Å². The summed E-state index contributed by atoms with van der Waals surface area (Å²) >= 11 is 1.86. The molecule has 11 heteroatoms. The fourth-order valence-corrected chi connectivity index (χ4v) is 18.4. The van der Waals surface area contributed by atoms with E-state index < -0.39 is 0 Å². The first-order valence-corrected chi connectivity index (χ1v) is 38.9. The first-order valence-electron chi connectivity index (χ1n) is 38.1. The molecule has 7 heterocycles. The van der Waals surface area contributed by atoms with E-state index in [0.717, 1.165) is 122 Å². The molecule has 0 unspecified atom stereocenters. The smallest absolute Gasteiger partial charge is 0.164 e. The van der Waals surface area contributed by atoms with Gasteiger partial charge in [-0.15, -0.1) is 11.3 Å². The van der Waals surface area contributed by atoms with Crippen LogP contribution in [0, 0.1) is 0 Å². The topological polar surface area (TPSA) is 97.1 Å². The van der Waals surface area contributed by atoms with E-state index in [1.54, 1.807) is 0 Å². The van der Waals surface area contributed by atoms with E-state index in [1.165, 1.54) is 63.6 Å². The van der Waals surface area contributed by atoms with Crippen LogP contribution in [0.3, 0.4) is 0 Å². The van der Waals surface area contributed by atoms with Crippen molar-refractivity contribution in [2.75, 3.05) is 0 Å². The van der Waals surface area contributed by atoms with E-state index in [9.17, 15) is 0 Å². The van der Waals surface area contributed by atoms with Gasteiger partial charge in [-0.2, -0.15) is 0 Å². The summed E-state index contributed by atoms with van der Waals surface area (Å²) < 4.78 is 12.3. The summed E-state index contributed by atoms with van der Waals surface area (Å²) in [6.07, 6.45) is 0. The van der Waals surface area contributed by atoms with Crippen LogP contribution in [-0.2, 0) is 0 Å². The van der Waals surface area contributed by atoms with Gasteiger partial charge in [0.2, 0.25) is 0 Å². The number of fused-ring (bicyclic) bond motifs is 15. The zero-order valence-electron chi connectivity index (χ0n) is 60.7. The summed E-state index contributed by atoms with van der Waals surface area (Å²) in [5.74, 6) is 3.58. The highest BCUT2D eigenvalue weighted by atomic mass is 32.1. The molecule has 23 rings (SSSR count).